The van der Waals surface area contributed by atoms with E-state index in [4.69, 9.17) is 25.8 Å². The van der Waals surface area contributed by atoms with E-state index in [9.17, 15) is 4.79 Å². The van der Waals surface area contributed by atoms with Gasteiger partial charge in [-0.05, 0) is 55.8 Å². The lowest BCUT2D eigenvalue weighted by molar-refractivity contribution is -0.122. The van der Waals surface area contributed by atoms with Gasteiger partial charge < -0.3 is 14.2 Å². The summed E-state index contributed by atoms with van der Waals surface area (Å²) >= 11 is 7.28. The second kappa shape index (κ2) is 9.15. The lowest BCUT2D eigenvalue weighted by Crippen LogP contribution is -2.30. The van der Waals surface area contributed by atoms with Gasteiger partial charge in [0.1, 0.15) is 17.2 Å². The van der Waals surface area contributed by atoms with E-state index in [-0.39, 0.29) is 5.91 Å². The minimum absolute atomic E-state index is 0.294. The fourth-order valence-corrected chi connectivity index (χ4v) is 3.61. The van der Waals surface area contributed by atoms with Gasteiger partial charge >= 0.3 is 0 Å². The van der Waals surface area contributed by atoms with Crippen LogP contribution in [0.3, 0.4) is 0 Å². The highest BCUT2D eigenvalue weighted by Crippen LogP contribution is 2.35. The molecule has 0 spiro atoms. The molecule has 1 amide bonds. The summed E-state index contributed by atoms with van der Waals surface area (Å²) in [5, 5.41) is 5.73. The molecule has 2 aromatic carbocycles. The molecule has 0 bridgehead atoms. The van der Waals surface area contributed by atoms with Crippen LogP contribution in [0.25, 0.3) is 11.3 Å². The van der Waals surface area contributed by atoms with Crippen molar-refractivity contribution < 1.29 is 19.0 Å². The van der Waals surface area contributed by atoms with Crippen molar-refractivity contribution in [3.63, 3.8) is 0 Å². The van der Waals surface area contributed by atoms with Crippen LogP contribution in [0.4, 0.5) is 5.13 Å². The Morgan fingerprint density at radius 3 is 2.59 bits per heavy atom. The Morgan fingerprint density at radius 1 is 1.14 bits per heavy atom. The SMILES string of the molecule is COc1ccc(OC)c(-c2csc(NC(=O)[C@H](C)Oc3ccc(Cl)cc3C)n2)c1. The van der Waals surface area contributed by atoms with E-state index in [0.29, 0.717) is 33.1 Å². The summed E-state index contributed by atoms with van der Waals surface area (Å²) in [7, 11) is 3.19. The van der Waals surface area contributed by atoms with E-state index in [1.54, 1.807) is 39.3 Å². The van der Waals surface area contributed by atoms with Crippen molar-refractivity contribution in [1.29, 1.82) is 0 Å². The van der Waals surface area contributed by atoms with Crippen LogP contribution in [-0.4, -0.2) is 31.2 Å². The molecule has 0 saturated carbocycles. The number of rotatable bonds is 7. The van der Waals surface area contributed by atoms with Gasteiger partial charge in [-0.1, -0.05) is 11.6 Å². The number of hydrogen-bond acceptors (Lipinski definition) is 6. The van der Waals surface area contributed by atoms with Crippen molar-refractivity contribution in [2.45, 2.75) is 20.0 Å². The molecule has 152 valence electrons. The number of aromatic nitrogens is 1. The van der Waals surface area contributed by atoms with Gasteiger partial charge in [-0.3, -0.25) is 10.1 Å². The Morgan fingerprint density at radius 2 is 1.90 bits per heavy atom. The normalized spacial score (nSPS) is 11.6. The first-order valence-electron chi connectivity index (χ1n) is 8.83. The Hall–Kier alpha value is -2.77. The fraction of sp³-hybridized carbons (Fsp3) is 0.238. The predicted octanol–water partition coefficient (Wildman–Crippen LogP) is 5.20. The smallest absolute Gasteiger partial charge is 0.266 e. The molecule has 8 heteroatoms. The quantitative estimate of drug-likeness (QED) is 0.556. The molecule has 1 aromatic heterocycles. The standard InChI is InChI=1S/C21H21ClN2O4S/c1-12-9-14(22)5-7-18(12)28-13(2)20(25)24-21-23-17(11-29-21)16-10-15(26-3)6-8-19(16)27-4/h5-11,13H,1-4H3,(H,23,24,25)/t13-/m0/s1. The lowest BCUT2D eigenvalue weighted by atomic mass is 10.1. The van der Waals surface area contributed by atoms with Gasteiger partial charge in [0, 0.05) is 16.0 Å². The summed E-state index contributed by atoms with van der Waals surface area (Å²) in [5.41, 5.74) is 2.33. The van der Waals surface area contributed by atoms with Crippen LogP contribution in [0.15, 0.2) is 41.8 Å². The van der Waals surface area contributed by atoms with Gasteiger partial charge in [0.2, 0.25) is 0 Å². The van der Waals surface area contributed by atoms with Crippen LogP contribution in [0.2, 0.25) is 5.02 Å². The Balaban J connectivity index is 1.72. The molecule has 6 nitrogen and oxygen atoms in total. The van der Waals surface area contributed by atoms with E-state index in [2.05, 4.69) is 10.3 Å². The first kappa shape index (κ1) is 21.0. The number of aryl methyl sites for hydroxylation is 1. The molecule has 1 N–H and O–H groups in total. The maximum absolute atomic E-state index is 12.5. The molecule has 29 heavy (non-hydrogen) atoms. The average molecular weight is 433 g/mol. The summed E-state index contributed by atoms with van der Waals surface area (Å²) in [6.45, 7) is 3.56. The minimum Gasteiger partial charge on any atom is -0.497 e. The minimum atomic E-state index is -0.700. The van der Waals surface area contributed by atoms with E-state index in [1.165, 1.54) is 11.3 Å². The van der Waals surface area contributed by atoms with Crippen molar-refractivity contribution in [3.05, 3.63) is 52.4 Å². The zero-order valence-corrected chi connectivity index (χ0v) is 18.1. The number of thiazole rings is 1. The summed E-state index contributed by atoms with van der Waals surface area (Å²) in [6.07, 6.45) is -0.700. The van der Waals surface area contributed by atoms with E-state index >= 15 is 0 Å². The van der Waals surface area contributed by atoms with Crippen molar-refractivity contribution >= 4 is 34.0 Å². The number of methoxy groups -OCH3 is 2. The molecule has 0 aliphatic carbocycles. The van der Waals surface area contributed by atoms with Gasteiger partial charge in [0.25, 0.3) is 5.91 Å². The maximum atomic E-state index is 12.5. The third-order valence-electron chi connectivity index (χ3n) is 4.23. The number of benzene rings is 2. The van der Waals surface area contributed by atoms with Gasteiger partial charge in [-0.15, -0.1) is 11.3 Å². The molecule has 3 rings (SSSR count). The molecule has 0 unspecified atom stereocenters. The molecular weight excluding hydrogens is 412 g/mol. The number of nitrogens with zero attached hydrogens (tertiary/aromatic N) is 1. The van der Waals surface area contributed by atoms with Crippen LogP contribution in [0.5, 0.6) is 17.2 Å². The molecule has 0 radical (unpaired) electrons. The second-order valence-electron chi connectivity index (χ2n) is 6.26. The molecule has 1 atom stereocenters. The highest BCUT2D eigenvalue weighted by atomic mass is 35.5. The molecular formula is C21H21ClN2O4S. The Kier molecular flexibility index (Phi) is 6.61. The monoisotopic (exact) mass is 432 g/mol. The number of anilines is 1. The van der Waals surface area contributed by atoms with Crippen LogP contribution < -0.4 is 19.5 Å². The number of carbonyl (C=O) groups is 1. The number of hydrogen-bond donors (Lipinski definition) is 1. The van der Waals surface area contributed by atoms with Gasteiger partial charge in [0.15, 0.2) is 11.2 Å². The summed E-state index contributed by atoms with van der Waals surface area (Å²) < 4.78 is 16.4. The Bertz CT molecular complexity index is 1020. The molecule has 0 fully saturated rings. The number of ether oxygens (including phenoxy) is 3. The fourth-order valence-electron chi connectivity index (χ4n) is 2.67. The van der Waals surface area contributed by atoms with E-state index in [1.807, 2.05) is 30.5 Å². The van der Waals surface area contributed by atoms with Crippen molar-refractivity contribution in [2.75, 3.05) is 19.5 Å². The van der Waals surface area contributed by atoms with E-state index < -0.39 is 6.10 Å². The highest BCUT2D eigenvalue weighted by molar-refractivity contribution is 7.14. The zero-order chi connectivity index (χ0) is 21.0. The third kappa shape index (κ3) is 4.99. The van der Waals surface area contributed by atoms with Crippen LogP contribution in [0, 0.1) is 6.92 Å². The second-order valence-corrected chi connectivity index (χ2v) is 7.56. The van der Waals surface area contributed by atoms with Crippen molar-refractivity contribution in [3.8, 4) is 28.5 Å². The van der Waals surface area contributed by atoms with Gasteiger partial charge in [-0.2, -0.15) is 0 Å². The number of halogens is 1. The Labute approximate surface area is 178 Å². The molecule has 1 heterocycles. The summed E-state index contributed by atoms with van der Waals surface area (Å²) in [4.78, 5) is 17.0. The van der Waals surface area contributed by atoms with Gasteiger partial charge in [-0.25, -0.2) is 4.98 Å². The van der Waals surface area contributed by atoms with Crippen LogP contribution in [0.1, 0.15) is 12.5 Å². The van der Waals surface area contributed by atoms with Gasteiger partial charge in [0.05, 0.1) is 19.9 Å². The molecule has 0 aliphatic heterocycles. The molecule has 0 aliphatic rings. The highest BCUT2D eigenvalue weighted by Gasteiger charge is 2.18. The van der Waals surface area contributed by atoms with Crippen LogP contribution in [-0.2, 0) is 4.79 Å². The summed E-state index contributed by atoms with van der Waals surface area (Å²) in [6, 6.07) is 10.7. The van der Waals surface area contributed by atoms with Crippen molar-refractivity contribution in [2.24, 2.45) is 0 Å². The van der Waals surface area contributed by atoms with Crippen LogP contribution >= 0.6 is 22.9 Å². The lowest BCUT2D eigenvalue weighted by Gasteiger charge is -2.15. The summed E-state index contributed by atoms with van der Waals surface area (Å²) in [5.74, 6) is 1.68. The average Bonchev–Trinajstić information content (AvgIpc) is 3.17. The first-order chi connectivity index (χ1) is 13.9. The van der Waals surface area contributed by atoms with Crippen molar-refractivity contribution in [1.82, 2.24) is 4.98 Å². The maximum Gasteiger partial charge on any atom is 0.266 e. The third-order valence-corrected chi connectivity index (χ3v) is 5.22. The largest absolute Gasteiger partial charge is 0.497 e. The topological polar surface area (TPSA) is 69.7 Å². The molecule has 3 aromatic rings. The molecule has 0 saturated heterocycles. The number of nitrogens with one attached hydrogen (secondary N) is 1. The predicted molar refractivity (Wildman–Crippen MR) is 116 cm³/mol. The zero-order valence-electron chi connectivity index (χ0n) is 16.5. The number of carbonyl (C=O) groups excluding carboxylic acids is 1. The first-order valence-corrected chi connectivity index (χ1v) is 10.1. The van der Waals surface area contributed by atoms with E-state index in [0.717, 1.165) is 11.1 Å². The number of amides is 1.